The van der Waals surface area contributed by atoms with Crippen molar-refractivity contribution < 1.29 is 0 Å². The highest BCUT2D eigenvalue weighted by molar-refractivity contribution is 5.89. The fourth-order valence-electron chi connectivity index (χ4n) is 3.39. The Morgan fingerprint density at radius 1 is 1.27 bits per heavy atom. The molecule has 5 heteroatoms. The lowest BCUT2D eigenvalue weighted by atomic mass is 10.3. The summed E-state index contributed by atoms with van der Waals surface area (Å²) in [7, 11) is 0. The molecule has 0 bridgehead atoms. The second kappa shape index (κ2) is 5.45. The van der Waals surface area contributed by atoms with Gasteiger partial charge in [-0.25, -0.2) is 0 Å². The van der Waals surface area contributed by atoms with Crippen molar-refractivity contribution in [3.63, 3.8) is 0 Å². The van der Waals surface area contributed by atoms with E-state index >= 15 is 0 Å². The van der Waals surface area contributed by atoms with Gasteiger partial charge in [0.15, 0.2) is 0 Å². The molecule has 1 saturated heterocycles. The predicted molar refractivity (Wildman–Crippen MR) is 90.7 cm³/mol. The van der Waals surface area contributed by atoms with Crippen LogP contribution in [0.15, 0.2) is 6.07 Å². The highest BCUT2D eigenvalue weighted by Gasteiger charge is 2.26. The Kier molecular flexibility index (Phi) is 3.43. The Morgan fingerprint density at radius 3 is 2.73 bits per heavy atom. The monoisotopic (exact) mass is 299 g/mol. The fourth-order valence-corrected chi connectivity index (χ4v) is 3.39. The number of anilines is 2. The van der Waals surface area contributed by atoms with E-state index in [-0.39, 0.29) is 0 Å². The summed E-state index contributed by atoms with van der Waals surface area (Å²) in [5.74, 6) is 2.88. The van der Waals surface area contributed by atoms with Crippen molar-refractivity contribution in [2.24, 2.45) is 5.92 Å². The summed E-state index contributed by atoms with van der Waals surface area (Å²) >= 11 is 0. The number of hydrogen-bond acceptors (Lipinski definition) is 4. The van der Waals surface area contributed by atoms with Gasteiger partial charge in [-0.1, -0.05) is 0 Å². The SMILES string of the molecule is CCN(CC1CC1)c1nc(N2CCCC2)nc2[nH]c(C)cc12. The number of fused-ring (bicyclic) bond motifs is 1. The van der Waals surface area contributed by atoms with Crippen LogP contribution in [0, 0.1) is 12.8 Å². The van der Waals surface area contributed by atoms with Crippen LogP contribution < -0.4 is 9.80 Å². The molecular weight excluding hydrogens is 274 g/mol. The summed E-state index contributed by atoms with van der Waals surface area (Å²) < 4.78 is 0. The Morgan fingerprint density at radius 2 is 2.05 bits per heavy atom. The van der Waals surface area contributed by atoms with Crippen LogP contribution in [0.5, 0.6) is 0 Å². The number of aryl methyl sites for hydroxylation is 1. The largest absolute Gasteiger partial charge is 0.356 e. The highest BCUT2D eigenvalue weighted by Crippen LogP contribution is 2.34. The number of rotatable bonds is 5. The molecule has 2 aromatic heterocycles. The van der Waals surface area contributed by atoms with Gasteiger partial charge in [-0.3, -0.25) is 0 Å². The third-order valence-corrected chi connectivity index (χ3v) is 4.84. The number of nitrogens with one attached hydrogen (secondary N) is 1. The molecule has 22 heavy (non-hydrogen) atoms. The average molecular weight is 299 g/mol. The molecule has 0 atom stereocenters. The molecule has 2 fully saturated rings. The summed E-state index contributed by atoms with van der Waals surface area (Å²) in [4.78, 5) is 17.9. The van der Waals surface area contributed by atoms with Gasteiger partial charge < -0.3 is 14.8 Å². The van der Waals surface area contributed by atoms with Gasteiger partial charge >= 0.3 is 0 Å². The highest BCUT2D eigenvalue weighted by atomic mass is 15.3. The van der Waals surface area contributed by atoms with Crippen molar-refractivity contribution in [1.29, 1.82) is 0 Å². The maximum atomic E-state index is 4.97. The number of hydrogen-bond donors (Lipinski definition) is 1. The second-order valence-electron chi connectivity index (χ2n) is 6.74. The predicted octanol–water partition coefficient (Wildman–Crippen LogP) is 3.10. The summed E-state index contributed by atoms with van der Waals surface area (Å²) in [5, 5.41) is 1.17. The minimum absolute atomic E-state index is 0.861. The maximum absolute atomic E-state index is 4.97. The Hall–Kier alpha value is -1.78. The summed E-state index contributed by atoms with van der Waals surface area (Å²) in [5.41, 5.74) is 2.14. The van der Waals surface area contributed by atoms with Gasteiger partial charge in [0.1, 0.15) is 11.5 Å². The van der Waals surface area contributed by atoms with Gasteiger partial charge in [-0.2, -0.15) is 9.97 Å². The van der Waals surface area contributed by atoms with E-state index in [9.17, 15) is 0 Å². The van der Waals surface area contributed by atoms with Gasteiger partial charge in [0.2, 0.25) is 5.95 Å². The number of aromatic nitrogens is 3. The fraction of sp³-hybridized carbons (Fsp3) is 0.647. The minimum Gasteiger partial charge on any atom is -0.356 e. The molecule has 0 radical (unpaired) electrons. The minimum atomic E-state index is 0.861. The zero-order chi connectivity index (χ0) is 15.1. The van der Waals surface area contributed by atoms with Gasteiger partial charge in [0.25, 0.3) is 0 Å². The van der Waals surface area contributed by atoms with Crippen LogP contribution in [0.1, 0.15) is 38.3 Å². The molecule has 5 nitrogen and oxygen atoms in total. The van der Waals surface area contributed by atoms with E-state index in [0.717, 1.165) is 55.2 Å². The van der Waals surface area contributed by atoms with Crippen LogP contribution in [0.4, 0.5) is 11.8 Å². The molecule has 2 aromatic rings. The Balaban J connectivity index is 1.78. The lowest BCUT2D eigenvalue weighted by Crippen LogP contribution is -2.28. The van der Waals surface area contributed by atoms with E-state index < -0.39 is 0 Å². The lowest BCUT2D eigenvalue weighted by Gasteiger charge is -2.24. The van der Waals surface area contributed by atoms with Crippen LogP contribution in [-0.2, 0) is 0 Å². The average Bonchev–Trinajstić information content (AvgIpc) is 3.00. The first-order chi connectivity index (χ1) is 10.7. The lowest BCUT2D eigenvalue weighted by molar-refractivity contribution is 0.732. The third kappa shape index (κ3) is 2.53. The maximum Gasteiger partial charge on any atom is 0.229 e. The van der Waals surface area contributed by atoms with Gasteiger partial charge in [-0.15, -0.1) is 0 Å². The first-order valence-corrected chi connectivity index (χ1v) is 8.62. The smallest absolute Gasteiger partial charge is 0.229 e. The molecule has 2 aliphatic rings. The van der Waals surface area contributed by atoms with Gasteiger partial charge in [0.05, 0.1) is 5.39 Å². The van der Waals surface area contributed by atoms with E-state index in [1.807, 2.05) is 0 Å². The number of aromatic amines is 1. The van der Waals surface area contributed by atoms with Crippen molar-refractivity contribution in [3.8, 4) is 0 Å². The summed E-state index contributed by atoms with van der Waals surface area (Å²) in [6.07, 6.45) is 5.24. The van der Waals surface area contributed by atoms with Crippen LogP contribution in [-0.4, -0.2) is 41.1 Å². The van der Waals surface area contributed by atoms with Crippen molar-refractivity contribution in [2.75, 3.05) is 36.0 Å². The number of nitrogens with zero attached hydrogens (tertiary/aromatic N) is 4. The van der Waals surface area contributed by atoms with Gasteiger partial charge in [-0.05, 0) is 51.5 Å². The van der Waals surface area contributed by atoms with Crippen molar-refractivity contribution in [1.82, 2.24) is 15.0 Å². The van der Waals surface area contributed by atoms with Crippen LogP contribution in [0.2, 0.25) is 0 Å². The van der Waals surface area contributed by atoms with Crippen LogP contribution in [0.25, 0.3) is 11.0 Å². The molecule has 4 rings (SSSR count). The van der Waals surface area contributed by atoms with Crippen molar-refractivity contribution >= 4 is 22.8 Å². The topological polar surface area (TPSA) is 48.1 Å². The summed E-state index contributed by atoms with van der Waals surface area (Å²) in [6.45, 7) is 8.63. The van der Waals surface area contributed by atoms with Crippen LogP contribution in [0.3, 0.4) is 0 Å². The first-order valence-electron chi connectivity index (χ1n) is 8.62. The van der Waals surface area contributed by atoms with Crippen LogP contribution >= 0.6 is 0 Å². The van der Waals surface area contributed by atoms with E-state index in [0.29, 0.717) is 0 Å². The molecule has 1 aliphatic carbocycles. The normalized spacial score (nSPS) is 18.4. The zero-order valence-corrected chi connectivity index (χ0v) is 13.6. The number of H-pyrrole nitrogens is 1. The van der Waals surface area contributed by atoms with E-state index in [2.05, 4.69) is 34.7 Å². The molecule has 1 N–H and O–H groups in total. The molecule has 0 unspecified atom stereocenters. The molecular formula is C17H25N5. The first kappa shape index (κ1) is 13.9. The summed E-state index contributed by atoms with van der Waals surface area (Å²) in [6, 6.07) is 2.19. The van der Waals surface area contributed by atoms with E-state index in [4.69, 9.17) is 9.97 Å². The molecule has 1 aliphatic heterocycles. The van der Waals surface area contributed by atoms with Crippen molar-refractivity contribution in [3.05, 3.63) is 11.8 Å². The molecule has 3 heterocycles. The van der Waals surface area contributed by atoms with Crippen molar-refractivity contribution in [2.45, 2.75) is 39.5 Å². The quantitative estimate of drug-likeness (QED) is 0.921. The standard InChI is InChI=1S/C17H25N5/c1-3-21(11-13-6-7-13)16-14-10-12(2)18-15(14)19-17(20-16)22-8-4-5-9-22/h10,13H,3-9,11H2,1-2H3,(H,18,19,20). The zero-order valence-electron chi connectivity index (χ0n) is 13.6. The van der Waals surface area contributed by atoms with E-state index in [1.165, 1.54) is 31.1 Å². The second-order valence-corrected chi connectivity index (χ2v) is 6.74. The Bertz CT molecular complexity index is 667. The molecule has 118 valence electrons. The molecule has 0 spiro atoms. The third-order valence-electron chi connectivity index (χ3n) is 4.84. The Labute approximate surface area is 131 Å². The molecule has 1 saturated carbocycles. The molecule has 0 aromatic carbocycles. The van der Waals surface area contributed by atoms with E-state index in [1.54, 1.807) is 0 Å². The molecule has 0 amide bonds. The van der Waals surface area contributed by atoms with Gasteiger partial charge in [0, 0.05) is 31.9 Å².